The standard InChI is InChI=1S/C18H24N4O2S/c1-3-6-17-20-21-18(25-17)19-16(23)12-22-10-5-9-15(22)13-7-4-8-14(11-13)24-2/h4,7-8,11,15H,3,5-6,9-10,12H2,1-2H3,(H,19,21,23)/t15-/m0/s1. The van der Waals surface area contributed by atoms with Gasteiger partial charge in [0.05, 0.1) is 13.7 Å². The van der Waals surface area contributed by atoms with Crippen LogP contribution in [0.25, 0.3) is 0 Å². The van der Waals surface area contributed by atoms with Gasteiger partial charge in [0.2, 0.25) is 11.0 Å². The maximum Gasteiger partial charge on any atom is 0.240 e. The summed E-state index contributed by atoms with van der Waals surface area (Å²) in [5, 5.41) is 12.6. The van der Waals surface area contributed by atoms with Gasteiger partial charge in [-0.2, -0.15) is 0 Å². The Bertz CT molecular complexity index is 719. The Morgan fingerprint density at radius 1 is 1.44 bits per heavy atom. The summed E-state index contributed by atoms with van der Waals surface area (Å²) in [7, 11) is 1.67. The molecule has 1 amide bonds. The summed E-state index contributed by atoms with van der Waals surface area (Å²) in [6.45, 7) is 3.39. The molecule has 1 atom stereocenters. The Kier molecular flexibility index (Phi) is 5.99. The smallest absolute Gasteiger partial charge is 0.240 e. The fourth-order valence-corrected chi connectivity index (χ4v) is 4.06. The molecule has 1 aliphatic rings. The Morgan fingerprint density at radius 2 is 2.32 bits per heavy atom. The zero-order valence-electron chi connectivity index (χ0n) is 14.7. The van der Waals surface area contributed by atoms with Gasteiger partial charge in [0, 0.05) is 12.5 Å². The molecule has 1 aromatic heterocycles. The van der Waals surface area contributed by atoms with Crippen LogP contribution in [-0.2, 0) is 11.2 Å². The minimum Gasteiger partial charge on any atom is -0.497 e. The van der Waals surface area contributed by atoms with Crippen molar-refractivity contribution in [1.29, 1.82) is 0 Å². The van der Waals surface area contributed by atoms with Crippen molar-refractivity contribution in [3.05, 3.63) is 34.8 Å². The number of amides is 1. The van der Waals surface area contributed by atoms with E-state index >= 15 is 0 Å². The zero-order valence-corrected chi connectivity index (χ0v) is 15.5. The maximum atomic E-state index is 12.4. The Balaban J connectivity index is 1.61. The summed E-state index contributed by atoms with van der Waals surface area (Å²) in [6.07, 6.45) is 4.07. The van der Waals surface area contributed by atoms with Gasteiger partial charge in [-0.25, -0.2) is 0 Å². The number of nitrogens with one attached hydrogen (secondary N) is 1. The van der Waals surface area contributed by atoms with Crippen LogP contribution in [0.3, 0.4) is 0 Å². The Morgan fingerprint density at radius 3 is 3.12 bits per heavy atom. The normalized spacial score (nSPS) is 17.6. The monoisotopic (exact) mass is 360 g/mol. The quantitative estimate of drug-likeness (QED) is 0.821. The molecule has 1 fully saturated rings. The summed E-state index contributed by atoms with van der Waals surface area (Å²) in [5.41, 5.74) is 1.20. The van der Waals surface area contributed by atoms with Crippen LogP contribution in [0.2, 0.25) is 0 Å². The second-order valence-corrected chi connectivity index (χ2v) is 7.27. The van der Waals surface area contributed by atoms with Crippen LogP contribution in [0.5, 0.6) is 5.75 Å². The van der Waals surface area contributed by atoms with E-state index in [1.807, 2.05) is 12.1 Å². The highest BCUT2D eigenvalue weighted by molar-refractivity contribution is 7.15. The van der Waals surface area contributed by atoms with Gasteiger partial charge in [-0.1, -0.05) is 30.4 Å². The van der Waals surface area contributed by atoms with E-state index in [4.69, 9.17) is 4.74 Å². The Labute approximate surface area is 152 Å². The molecule has 0 aliphatic carbocycles. The number of aryl methyl sites for hydroxylation is 1. The molecule has 6 nitrogen and oxygen atoms in total. The summed E-state index contributed by atoms with van der Waals surface area (Å²) in [5.74, 6) is 0.820. The molecule has 1 saturated heterocycles. The number of carbonyl (C=O) groups is 1. The number of anilines is 1. The van der Waals surface area contributed by atoms with Crippen molar-refractivity contribution in [2.24, 2.45) is 0 Å². The number of hydrogen-bond acceptors (Lipinski definition) is 6. The largest absolute Gasteiger partial charge is 0.497 e. The number of carbonyl (C=O) groups excluding carboxylic acids is 1. The molecule has 0 spiro atoms. The average Bonchev–Trinajstić information content (AvgIpc) is 3.25. The second kappa shape index (κ2) is 8.40. The minimum absolute atomic E-state index is 0.0333. The van der Waals surface area contributed by atoms with Gasteiger partial charge < -0.3 is 4.74 Å². The van der Waals surface area contributed by atoms with Crippen LogP contribution in [0.4, 0.5) is 5.13 Å². The van der Waals surface area contributed by atoms with E-state index in [1.54, 1.807) is 7.11 Å². The zero-order chi connectivity index (χ0) is 17.6. The van der Waals surface area contributed by atoms with E-state index in [0.717, 1.165) is 43.0 Å². The molecule has 1 N–H and O–H groups in total. The predicted molar refractivity (Wildman–Crippen MR) is 99.1 cm³/mol. The molecule has 134 valence electrons. The topological polar surface area (TPSA) is 67.4 Å². The summed E-state index contributed by atoms with van der Waals surface area (Å²) >= 11 is 1.46. The average molecular weight is 360 g/mol. The van der Waals surface area contributed by atoms with E-state index in [-0.39, 0.29) is 11.9 Å². The van der Waals surface area contributed by atoms with Gasteiger partial charge in [0.15, 0.2) is 0 Å². The lowest BCUT2D eigenvalue weighted by atomic mass is 10.0. The first kappa shape index (κ1) is 17.8. The van der Waals surface area contributed by atoms with Gasteiger partial charge in [-0.05, 0) is 43.5 Å². The number of likely N-dealkylation sites (tertiary alicyclic amines) is 1. The number of methoxy groups -OCH3 is 1. The first-order valence-corrected chi connectivity index (χ1v) is 9.51. The van der Waals surface area contributed by atoms with Crippen molar-refractivity contribution in [3.63, 3.8) is 0 Å². The third-order valence-corrected chi connectivity index (χ3v) is 5.26. The first-order valence-electron chi connectivity index (χ1n) is 8.70. The highest BCUT2D eigenvalue weighted by Gasteiger charge is 2.28. The number of hydrogen-bond donors (Lipinski definition) is 1. The molecule has 25 heavy (non-hydrogen) atoms. The molecule has 7 heteroatoms. The van der Waals surface area contributed by atoms with Crippen LogP contribution in [0, 0.1) is 0 Å². The Hall–Kier alpha value is -1.99. The lowest BCUT2D eigenvalue weighted by Gasteiger charge is -2.24. The molecule has 2 aromatic rings. The molecule has 0 bridgehead atoms. The van der Waals surface area contributed by atoms with Gasteiger partial charge in [-0.3, -0.25) is 15.0 Å². The van der Waals surface area contributed by atoms with Gasteiger partial charge in [-0.15, -0.1) is 10.2 Å². The molecular weight excluding hydrogens is 336 g/mol. The fourth-order valence-electron chi connectivity index (χ4n) is 3.20. The highest BCUT2D eigenvalue weighted by Crippen LogP contribution is 2.33. The SMILES string of the molecule is CCCc1nnc(NC(=O)CN2CCC[C@H]2c2cccc(OC)c2)s1. The number of ether oxygens (including phenoxy) is 1. The van der Waals surface area contributed by atoms with E-state index < -0.39 is 0 Å². The highest BCUT2D eigenvalue weighted by atomic mass is 32.1. The predicted octanol–water partition coefficient (Wildman–Crippen LogP) is 3.27. The third-order valence-electron chi connectivity index (χ3n) is 4.37. The second-order valence-electron chi connectivity index (χ2n) is 6.20. The molecule has 0 saturated carbocycles. The van der Waals surface area contributed by atoms with Crippen molar-refractivity contribution >= 4 is 22.4 Å². The van der Waals surface area contributed by atoms with Gasteiger partial charge >= 0.3 is 0 Å². The van der Waals surface area contributed by atoms with Crippen LogP contribution in [-0.4, -0.2) is 41.2 Å². The van der Waals surface area contributed by atoms with Crippen molar-refractivity contribution in [2.45, 2.75) is 38.6 Å². The van der Waals surface area contributed by atoms with E-state index in [9.17, 15) is 4.79 Å². The number of rotatable bonds is 7. The summed E-state index contributed by atoms with van der Waals surface area (Å²) in [6, 6.07) is 8.36. The number of aromatic nitrogens is 2. The van der Waals surface area contributed by atoms with Crippen LogP contribution in [0.1, 0.15) is 42.8 Å². The molecular formula is C18H24N4O2S. The van der Waals surface area contributed by atoms with E-state index in [1.165, 1.54) is 16.9 Å². The lowest BCUT2D eigenvalue weighted by Crippen LogP contribution is -2.32. The lowest BCUT2D eigenvalue weighted by molar-refractivity contribution is -0.117. The van der Waals surface area contributed by atoms with E-state index in [0.29, 0.717) is 11.7 Å². The van der Waals surface area contributed by atoms with Crippen LogP contribution >= 0.6 is 11.3 Å². The molecule has 3 rings (SSSR count). The molecule has 0 unspecified atom stereocenters. The van der Waals surface area contributed by atoms with Crippen LogP contribution in [0.15, 0.2) is 24.3 Å². The molecule has 0 radical (unpaired) electrons. The van der Waals surface area contributed by atoms with Crippen LogP contribution < -0.4 is 10.1 Å². The summed E-state index contributed by atoms with van der Waals surface area (Å²) in [4.78, 5) is 14.6. The molecule has 2 heterocycles. The molecule has 1 aromatic carbocycles. The van der Waals surface area contributed by atoms with Crippen molar-refractivity contribution < 1.29 is 9.53 Å². The van der Waals surface area contributed by atoms with Gasteiger partial charge in [0.25, 0.3) is 0 Å². The van der Waals surface area contributed by atoms with Gasteiger partial charge in [0.1, 0.15) is 10.8 Å². The minimum atomic E-state index is -0.0333. The number of benzene rings is 1. The van der Waals surface area contributed by atoms with Crippen molar-refractivity contribution in [1.82, 2.24) is 15.1 Å². The van der Waals surface area contributed by atoms with E-state index in [2.05, 4.69) is 39.5 Å². The molecule has 1 aliphatic heterocycles. The third kappa shape index (κ3) is 4.55. The maximum absolute atomic E-state index is 12.4. The number of nitrogens with zero attached hydrogens (tertiary/aromatic N) is 3. The summed E-state index contributed by atoms with van der Waals surface area (Å²) < 4.78 is 5.32. The van der Waals surface area contributed by atoms with Crippen molar-refractivity contribution in [2.75, 3.05) is 25.5 Å². The first-order chi connectivity index (χ1) is 12.2. The fraction of sp³-hybridized carbons (Fsp3) is 0.500. The van der Waals surface area contributed by atoms with Crippen molar-refractivity contribution in [3.8, 4) is 5.75 Å².